The van der Waals surface area contributed by atoms with E-state index in [0.717, 1.165) is 17.5 Å². The molecule has 2 aromatic rings. The van der Waals surface area contributed by atoms with Crippen LogP contribution < -0.4 is 10.0 Å². The molecule has 4 aliphatic rings. The highest BCUT2D eigenvalue weighted by molar-refractivity contribution is 7.89. The van der Waals surface area contributed by atoms with E-state index in [9.17, 15) is 23.4 Å². The third-order valence-electron chi connectivity index (χ3n) is 9.91. The molecule has 2 aromatic carbocycles. The number of benzene rings is 2. The van der Waals surface area contributed by atoms with Gasteiger partial charge in [0.15, 0.2) is 0 Å². The van der Waals surface area contributed by atoms with Crippen molar-refractivity contribution >= 4 is 15.9 Å². The summed E-state index contributed by atoms with van der Waals surface area (Å²) in [5.74, 6) is 0.706. The molecule has 1 aliphatic heterocycles. The molecule has 6 rings (SSSR count). The number of sulfonamides is 1. The summed E-state index contributed by atoms with van der Waals surface area (Å²) in [4.78, 5) is 20.1. The second kappa shape index (κ2) is 11.7. The Labute approximate surface area is 243 Å². The minimum Gasteiger partial charge on any atom is -0.394 e. The van der Waals surface area contributed by atoms with Crippen molar-refractivity contribution in [2.24, 2.45) is 29.1 Å². The minimum absolute atomic E-state index is 0.0601. The van der Waals surface area contributed by atoms with Crippen molar-refractivity contribution in [1.82, 2.24) is 15.1 Å². The van der Waals surface area contributed by atoms with Crippen LogP contribution in [0, 0.1) is 29.1 Å². The Kier molecular flexibility index (Phi) is 8.63. The van der Waals surface area contributed by atoms with E-state index in [2.05, 4.69) is 30.8 Å². The molecule has 2 bridgehead atoms. The SMILES string of the molecule is C[C@@H]1[C@@H](NC(=O)[C@@H]2C([C@H](C)O)[C@H](CO)ON2Cc2cccc(CNS(=O)(=O)c3ccccc3)c2)C[C@H]2C[C@@H]1C2(C)C. The van der Waals surface area contributed by atoms with Crippen LogP contribution in [0.3, 0.4) is 0 Å². The van der Waals surface area contributed by atoms with Crippen LogP contribution in [0.2, 0.25) is 0 Å². The summed E-state index contributed by atoms with van der Waals surface area (Å²) in [6, 6.07) is 14.9. The zero-order valence-corrected chi connectivity index (χ0v) is 25.0. The van der Waals surface area contributed by atoms with E-state index in [1.165, 1.54) is 6.42 Å². The Hall–Kier alpha value is -2.34. The van der Waals surface area contributed by atoms with Gasteiger partial charge in [0.05, 0.1) is 24.2 Å². The molecule has 3 saturated carbocycles. The van der Waals surface area contributed by atoms with Gasteiger partial charge in [-0.3, -0.25) is 9.63 Å². The second-order valence-electron chi connectivity index (χ2n) is 12.7. The van der Waals surface area contributed by atoms with Crippen LogP contribution in [0.25, 0.3) is 0 Å². The van der Waals surface area contributed by atoms with Crippen LogP contribution in [-0.2, 0) is 32.7 Å². The Morgan fingerprint density at radius 3 is 2.46 bits per heavy atom. The molecule has 1 saturated heterocycles. The molecule has 41 heavy (non-hydrogen) atoms. The highest BCUT2D eigenvalue weighted by Gasteiger charge is 2.57. The number of carbonyl (C=O) groups is 1. The normalized spacial score (nSPS) is 31.8. The molecule has 10 heteroatoms. The molecule has 1 amide bonds. The van der Waals surface area contributed by atoms with Crippen LogP contribution >= 0.6 is 0 Å². The first-order valence-corrected chi connectivity index (χ1v) is 16.1. The first kappa shape index (κ1) is 30.1. The lowest BCUT2D eigenvalue weighted by Gasteiger charge is -2.62. The molecular formula is C31H43N3O6S. The number of aliphatic hydroxyl groups is 2. The number of carbonyl (C=O) groups excluding carboxylic acids is 1. The Balaban J connectivity index is 1.30. The fraction of sp³-hybridized carbons (Fsp3) is 0.581. The van der Waals surface area contributed by atoms with Crippen molar-refractivity contribution < 1.29 is 28.3 Å². The topological polar surface area (TPSA) is 128 Å². The summed E-state index contributed by atoms with van der Waals surface area (Å²) in [5, 5.41) is 25.6. The number of hydroxylamine groups is 2. The van der Waals surface area contributed by atoms with Gasteiger partial charge in [0.2, 0.25) is 15.9 Å². The van der Waals surface area contributed by atoms with Crippen LogP contribution in [-0.4, -0.2) is 60.5 Å². The van der Waals surface area contributed by atoms with Crippen molar-refractivity contribution in [3.05, 3.63) is 65.7 Å². The Bertz CT molecular complexity index is 1330. The van der Waals surface area contributed by atoms with E-state index >= 15 is 0 Å². The number of nitrogens with zero attached hydrogens (tertiary/aromatic N) is 1. The maximum absolute atomic E-state index is 13.8. The van der Waals surface area contributed by atoms with Crippen molar-refractivity contribution in [1.29, 1.82) is 0 Å². The summed E-state index contributed by atoms with van der Waals surface area (Å²) >= 11 is 0. The van der Waals surface area contributed by atoms with Crippen LogP contribution in [0.15, 0.2) is 59.5 Å². The summed E-state index contributed by atoms with van der Waals surface area (Å²) < 4.78 is 28.0. The molecule has 0 radical (unpaired) electrons. The molecule has 8 atom stereocenters. The van der Waals surface area contributed by atoms with Gasteiger partial charge in [-0.1, -0.05) is 63.2 Å². The molecule has 4 N–H and O–H groups in total. The molecule has 1 heterocycles. The zero-order chi connectivity index (χ0) is 29.5. The maximum Gasteiger partial charge on any atom is 0.240 e. The van der Waals surface area contributed by atoms with Gasteiger partial charge in [-0.2, -0.15) is 5.06 Å². The van der Waals surface area contributed by atoms with Gasteiger partial charge in [0.25, 0.3) is 0 Å². The molecule has 1 unspecified atom stereocenters. The van der Waals surface area contributed by atoms with Gasteiger partial charge >= 0.3 is 0 Å². The number of amides is 1. The Morgan fingerprint density at radius 1 is 1.12 bits per heavy atom. The number of fused-ring (bicyclic) bond motifs is 2. The van der Waals surface area contributed by atoms with Crippen molar-refractivity contribution in [2.75, 3.05) is 6.61 Å². The van der Waals surface area contributed by atoms with E-state index in [1.54, 1.807) is 42.3 Å². The average Bonchev–Trinajstić information content (AvgIpc) is 3.32. The minimum atomic E-state index is -3.66. The van der Waals surface area contributed by atoms with E-state index in [1.807, 2.05) is 24.3 Å². The van der Waals surface area contributed by atoms with Crippen LogP contribution in [0.4, 0.5) is 0 Å². The monoisotopic (exact) mass is 585 g/mol. The van der Waals surface area contributed by atoms with E-state index in [-0.39, 0.29) is 36.5 Å². The van der Waals surface area contributed by atoms with E-state index in [4.69, 9.17) is 4.84 Å². The van der Waals surface area contributed by atoms with Gasteiger partial charge in [-0.15, -0.1) is 0 Å². The van der Waals surface area contributed by atoms with E-state index < -0.39 is 34.2 Å². The van der Waals surface area contributed by atoms with Gasteiger partial charge in [0.1, 0.15) is 12.1 Å². The molecule has 4 fully saturated rings. The van der Waals surface area contributed by atoms with Gasteiger partial charge in [-0.25, -0.2) is 13.1 Å². The number of hydrogen-bond donors (Lipinski definition) is 4. The van der Waals surface area contributed by atoms with Gasteiger partial charge < -0.3 is 15.5 Å². The standard InChI is InChI=1S/C31H43N3O6S/c1-19-25-14-23(31(25,3)4)15-26(19)33-30(37)29-28(20(2)36)27(18-35)40-34(29)17-22-10-8-9-21(13-22)16-32-41(38,39)24-11-6-5-7-12-24/h5-13,19-20,23,25-29,32,35-36H,14-18H2,1-4H3,(H,33,37)/t19-,20-,23+,25-,26-,27-,28?,29-/m0/s1. The summed E-state index contributed by atoms with van der Waals surface area (Å²) in [7, 11) is -3.66. The largest absolute Gasteiger partial charge is 0.394 e. The average molecular weight is 586 g/mol. The van der Waals surface area contributed by atoms with Crippen molar-refractivity contribution in [3.8, 4) is 0 Å². The smallest absolute Gasteiger partial charge is 0.240 e. The first-order chi connectivity index (χ1) is 19.4. The maximum atomic E-state index is 13.8. The number of nitrogens with one attached hydrogen (secondary N) is 2. The number of rotatable bonds is 10. The third-order valence-corrected chi connectivity index (χ3v) is 11.3. The highest BCUT2D eigenvalue weighted by Crippen LogP contribution is 2.61. The molecular weight excluding hydrogens is 542 g/mol. The summed E-state index contributed by atoms with van der Waals surface area (Å²) in [6.07, 6.45) is 0.554. The molecule has 0 aromatic heterocycles. The van der Waals surface area contributed by atoms with Gasteiger partial charge in [-0.05, 0) is 66.2 Å². The summed E-state index contributed by atoms with van der Waals surface area (Å²) in [6.45, 7) is 8.50. The fourth-order valence-corrected chi connectivity index (χ4v) is 8.40. The van der Waals surface area contributed by atoms with Gasteiger partial charge in [0, 0.05) is 18.5 Å². The van der Waals surface area contributed by atoms with Crippen LogP contribution in [0.5, 0.6) is 0 Å². The van der Waals surface area contributed by atoms with Crippen LogP contribution in [0.1, 0.15) is 51.7 Å². The molecule has 224 valence electrons. The lowest BCUT2D eigenvalue weighted by molar-refractivity contribution is -0.183. The lowest BCUT2D eigenvalue weighted by atomic mass is 9.45. The van der Waals surface area contributed by atoms with Crippen molar-refractivity contribution in [2.45, 2.75) is 82.8 Å². The molecule has 9 nitrogen and oxygen atoms in total. The second-order valence-corrected chi connectivity index (χ2v) is 14.5. The van der Waals surface area contributed by atoms with Crippen molar-refractivity contribution in [3.63, 3.8) is 0 Å². The summed E-state index contributed by atoms with van der Waals surface area (Å²) in [5.41, 5.74) is 1.87. The molecule has 0 spiro atoms. The predicted molar refractivity (Wildman–Crippen MR) is 154 cm³/mol. The third kappa shape index (κ3) is 5.96. The quantitative estimate of drug-likeness (QED) is 0.338. The predicted octanol–water partition coefficient (Wildman–Crippen LogP) is 2.83. The Morgan fingerprint density at radius 2 is 1.83 bits per heavy atom. The number of hydrogen-bond acceptors (Lipinski definition) is 7. The molecule has 3 aliphatic carbocycles. The fourth-order valence-electron chi connectivity index (χ4n) is 7.36. The lowest BCUT2D eigenvalue weighted by Crippen LogP contribution is -2.62. The van der Waals surface area contributed by atoms with E-state index in [0.29, 0.717) is 23.2 Å². The zero-order valence-electron chi connectivity index (χ0n) is 24.2. The number of aliphatic hydroxyl groups excluding tert-OH is 2. The first-order valence-electron chi connectivity index (χ1n) is 14.6. The highest BCUT2D eigenvalue weighted by atomic mass is 32.2.